The number of aliphatic hydroxyl groups is 1. The summed E-state index contributed by atoms with van der Waals surface area (Å²) in [5, 5.41) is 17.9. The Morgan fingerprint density at radius 2 is 2.25 bits per heavy atom. The Balaban J connectivity index is 2.57. The molecule has 0 saturated heterocycles. The van der Waals surface area contributed by atoms with E-state index in [1.807, 2.05) is 12.2 Å². The Bertz CT molecular complexity index is 302. The summed E-state index contributed by atoms with van der Waals surface area (Å²) in [5.74, 6) is -1.05. The molecule has 1 rings (SSSR count). The molecular weight excluding hydrogens is 204 g/mol. The molecule has 0 aromatic carbocycles. The minimum Gasteiger partial charge on any atom is -0.481 e. The van der Waals surface area contributed by atoms with Gasteiger partial charge in [0.15, 0.2) is 0 Å². The minimum atomic E-state index is -0.919. The van der Waals surface area contributed by atoms with Crippen LogP contribution in [0.15, 0.2) is 23.8 Å². The fourth-order valence-electron chi connectivity index (χ4n) is 2.00. The first-order chi connectivity index (χ1) is 7.54. The third-order valence-electron chi connectivity index (χ3n) is 2.88. The quantitative estimate of drug-likeness (QED) is 0.753. The van der Waals surface area contributed by atoms with E-state index in [9.17, 15) is 4.79 Å². The predicted molar refractivity (Wildman–Crippen MR) is 63.0 cm³/mol. The first-order valence-electron chi connectivity index (χ1n) is 5.75. The molecule has 0 amide bonds. The standard InChI is InChI=1S/C13H20O3/c1-9(2)7-10-3-5-11(6-4-10)12(8-14)13(15)16/h3-5,9,11-12,14H,6-8H2,1-2H3,(H,15,16). The molecule has 3 nitrogen and oxygen atoms in total. The van der Waals surface area contributed by atoms with Gasteiger partial charge in [0.2, 0.25) is 0 Å². The highest BCUT2D eigenvalue weighted by molar-refractivity contribution is 5.71. The lowest BCUT2D eigenvalue weighted by molar-refractivity contribution is -0.144. The number of carboxylic acids is 1. The van der Waals surface area contributed by atoms with Gasteiger partial charge >= 0.3 is 5.97 Å². The van der Waals surface area contributed by atoms with Crippen LogP contribution in [0, 0.1) is 17.8 Å². The van der Waals surface area contributed by atoms with E-state index in [-0.39, 0.29) is 12.5 Å². The average molecular weight is 224 g/mol. The van der Waals surface area contributed by atoms with E-state index in [2.05, 4.69) is 19.9 Å². The van der Waals surface area contributed by atoms with Crippen molar-refractivity contribution >= 4 is 5.97 Å². The number of rotatable bonds is 5. The summed E-state index contributed by atoms with van der Waals surface area (Å²) in [6, 6.07) is 0. The monoisotopic (exact) mass is 224 g/mol. The fourth-order valence-corrected chi connectivity index (χ4v) is 2.00. The zero-order valence-electron chi connectivity index (χ0n) is 9.89. The highest BCUT2D eigenvalue weighted by Gasteiger charge is 2.26. The highest BCUT2D eigenvalue weighted by atomic mass is 16.4. The van der Waals surface area contributed by atoms with Gasteiger partial charge in [0.05, 0.1) is 12.5 Å². The Kier molecular flexibility index (Phi) is 4.74. The van der Waals surface area contributed by atoms with Crippen molar-refractivity contribution < 1.29 is 15.0 Å². The summed E-state index contributed by atoms with van der Waals surface area (Å²) >= 11 is 0. The van der Waals surface area contributed by atoms with E-state index in [4.69, 9.17) is 10.2 Å². The average Bonchev–Trinajstić information content (AvgIpc) is 2.20. The van der Waals surface area contributed by atoms with Crippen molar-refractivity contribution in [3.8, 4) is 0 Å². The van der Waals surface area contributed by atoms with Crippen LogP contribution in [-0.2, 0) is 4.79 Å². The van der Waals surface area contributed by atoms with Gasteiger partial charge in [-0.3, -0.25) is 4.79 Å². The largest absolute Gasteiger partial charge is 0.481 e. The van der Waals surface area contributed by atoms with Crippen molar-refractivity contribution in [1.82, 2.24) is 0 Å². The number of hydrogen-bond acceptors (Lipinski definition) is 2. The van der Waals surface area contributed by atoms with E-state index in [0.29, 0.717) is 5.92 Å². The summed E-state index contributed by atoms with van der Waals surface area (Å²) in [5.41, 5.74) is 1.27. The fraction of sp³-hybridized carbons (Fsp3) is 0.615. The lowest BCUT2D eigenvalue weighted by atomic mass is 9.84. The van der Waals surface area contributed by atoms with Gasteiger partial charge in [-0.2, -0.15) is 0 Å². The van der Waals surface area contributed by atoms with Crippen molar-refractivity contribution in [2.45, 2.75) is 26.7 Å². The van der Waals surface area contributed by atoms with Crippen molar-refractivity contribution in [2.24, 2.45) is 17.8 Å². The molecule has 0 aromatic heterocycles. The molecule has 0 heterocycles. The Labute approximate surface area is 96.5 Å². The van der Waals surface area contributed by atoms with Gasteiger partial charge < -0.3 is 10.2 Å². The Morgan fingerprint density at radius 3 is 2.62 bits per heavy atom. The normalized spacial score (nSPS) is 22.0. The summed E-state index contributed by atoms with van der Waals surface area (Å²) in [7, 11) is 0. The molecule has 16 heavy (non-hydrogen) atoms. The van der Waals surface area contributed by atoms with Crippen LogP contribution in [0.25, 0.3) is 0 Å². The zero-order chi connectivity index (χ0) is 12.1. The predicted octanol–water partition coefficient (Wildman–Crippen LogP) is 2.23. The number of allylic oxidation sites excluding steroid dienone is 4. The SMILES string of the molecule is CC(C)CC1=CCC(C(CO)C(=O)O)C=C1. The first-order valence-corrected chi connectivity index (χ1v) is 5.75. The molecule has 2 N–H and O–H groups in total. The lowest BCUT2D eigenvalue weighted by Gasteiger charge is -2.21. The van der Waals surface area contributed by atoms with Crippen molar-refractivity contribution in [3.05, 3.63) is 23.8 Å². The maximum Gasteiger partial charge on any atom is 0.309 e. The van der Waals surface area contributed by atoms with Crippen LogP contribution >= 0.6 is 0 Å². The van der Waals surface area contributed by atoms with Crippen molar-refractivity contribution in [2.75, 3.05) is 6.61 Å². The van der Waals surface area contributed by atoms with Crippen LogP contribution < -0.4 is 0 Å². The van der Waals surface area contributed by atoms with Crippen LogP contribution in [0.3, 0.4) is 0 Å². The van der Waals surface area contributed by atoms with E-state index >= 15 is 0 Å². The molecule has 3 heteroatoms. The molecule has 0 bridgehead atoms. The molecule has 0 spiro atoms. The summed E-state index contributed by atoms with van der Waals surface area (Å²) < 4.78 is 0. The van der Waals surface area contributed by atoms with Gasteiger partial charge in [0, 0.05) is 0 Å². The lowest BCUT2D eigenvalue weighted by Crippen LogP contribution is -2.26. The third kappa shape index (κ3) is 3.49. The summed E-state index contributed by atoms with van der Waals surface area (Å²) in [6.45, 7) is 4.03. The maximum absolute atomic E-state index is 10.9. The minimum absolute atomic E-state index is 0.0709. The molecule has 0 aromatic rings. The zero-order valence-corrected chi connectivity index (χ0v) is 9.89. The van der Waals surface area contributed by atoms with Crippen LogP contribution in [0.1, 0.15) is 26.7 Å². The molecule has 1 aliphatic carbocycles. The Hall–Kier alpha value is -1.09. The van der Waals surface area contributed by atoms with Gasteiger partial charge in [0.1, 0.15) is 0 Å². The topological polar surface area (TPSA) is 57.5 Å². The summed E-state index contributed by atoms with van der Waals surface area (Å²) in [6.07, 6.45) is 7.76. The van der Waals surface area contributed by atoms with Gasteiger partial charge in [-0.15, -0.1) is 0 Å². The second-order valence-corrected chi connectivity index (χ2v) is 4.76. The summed E-state index contributed by atoms with van der Waals surface area (Å²) in [4.78, 5) is 10.9. The van der Waals surface area contributed by atoms with Crippen LogP contribution in [-0.4, -0.2) is 22.8 Å². The van der Waals surface area contributed by atoms with Crippen molar-refractivity contribution in [3.63, 3.8) is 0 Å². The molecule has 0 saturated carbocycles. The molecule has 2 atom stereocenters. The molecule has 0 radical (unpaired) electrons. The van der Waals surface area contributed by atoms with Gasteiger partial charge in [-0.25, -0.2) is 0 Å². The van der Waals surface area contributed by atoms with E-state index < -0.39 is 11.9 Å². The number of carbonyl (C=O) groups is 1. The highest BCUT2D eigenvalue weighted by Crippen LogP contribution is 2.26. The van der Waals surface area contributed by atoms with Crippen LogP contribution in [0.5, 0.6) is 0 Å². The second-order valence-electron chi connectivity index (χ2n) is 4.76. The van der Waals surface area contributed by atoms with Gasteiger partial charge in [-0.1, -0.05) is 37.6 Å². The second kappa shape index (κ2) is 5.85. The molecule has 0 aliphatic heterocycles. The first kappa shape index (κ1) is 13.0. The third-order valence-corrected chi connectivity index (χ3v) is 2.88. The van der Waals surface area contributed by atoms with Gasteiger partial charge in [0.25, 0.3) is 0 Å². The molecule has 2 unspecified atom stereocenters. The maximum atomic E-state index is 10.9. The molecule has 1 aliphatic rings. The smallest absolute Gasteiger partial charge is 0.309 e. The van der Waals surface area contributed by atoms with Crippen LogP contribution in [0.2, 0.25) is 0 Å². The van der Waals surface area contributed by atoms with Crippen molar-refractivity contribution in [1.29, 1.82) is 0 Å². The van der Waals surface area contributed by atoms with Gasteiger partial charge in [-0.05, 0) is 24.7 Å². The number of carboxylic acid groups (broad SMARTS) is 1. The molecule has 90 valence electrons. The van der Waals surface area contributed by atoms with E-state index in [1.165, 1.54) is 5.57 Å². The Morgan fingerprint density at radius 1 is 1.56 bits per heavy atom. The van der Waals surface area contributed by atoms with Crippen LogP contribution in [0.4, 0.5) is 0 Å². The number of aliphatic hydroxyl groups excluding tert-OH is 1. The molecular formula is C13H20O3. The van der Waals surface area contributed by atoms with E-state index in [0.717, 1.165) is 12.8 Å². The van der Waals surface area contributed by atoms with E-state index in [1.54, 1.807) is 0 Å². The molecule has 0 fully saturated rings. The number of hydrogen-bond donors (Lipinski definition) is 2. The number of aliphatic carboxylic acids is 1.